The third-order valence-corrected chi connectivity index (χ3v) is 4.60. The average Bonchev–Trinajstić information content (AvgIpc) is 2.64. The highest BCUT2D eigenvalue weighted by Gasteiger charge is 2.51. The fraction of sp³-hybridized carbons (Fsp3) is 0.933. The van der Waals surface area contributed by atoms with E-state index in [4.69, 9.17) is 18.9 Å². The van der Waals surface area contributed by atoms with Gasteiger partial charge in [-0.3, -0.25) is 4.79 Å². The number of aliphatic hydroxyl groups is 6. The van der Waals surface area contributed by atoms with Gasteiger partial charge in [-0.05, 0) is 0 Å². The van der Waals surface area contributed by atoms with Crippen molar-refractivity contribution >= 4 is 5.91 Å². The van der Waals surface area contributed by atoms with Crippen LogP contribution in [0.4, 0.5) is 0 Å². The first-order valence-corrected chi connectivity index (χ1v) is 8.45. The Morgan fingerprint density at radius 2 is 1.48 bits per heavy atom. The number of nitrogens with one attached hydrogen (secondary N) is 1. The first-order valence-electron chi connectivity index (χ1n) is 8.45. The van der Waals surface area contributed by atoms with Gasteiger partial charge in [0.25, 0.3) is 0 Å². The van der Waals surface area contributed by atoms with Gasteiger partial charge >= 0.3 is 0 Å². The van der Waals surface area contributed by atoms with E-state index < -0.39 is 80.5 Å². The zero-order chi connectivity index (χ0) is 20.3. The normalized spacial score (nSPS) is 45.5. The molecule has 7 N–H and O–H groups in total. The molecule has 27 heavy (non-hydrogen) atoms. The first-order chi connectivity index (χ1) is 12.7. The number of aliphatic hydroxyl groups excluding tert-OH is 6. The van der Waals surface area contributed by atoms with E-state index in [-0.39, 0.29) is 0 Å². The molecule has 5 unspecified atom stereocenters. The molecule has 0 bridgehead atoms. The van der Waals surface area contributed by atoms with Crippen LogP contribution in [0.5, 0.6) is 0 Å². The summed E-state index contributed by atoms with van der Waals surface area (Å²) in [5.41, 5.74) is 0. The van der Waals surface area contributed by atoms with Crippen molar-refractivity contribution in [1.29, 1.82) is 0 Å². The van der Waals surface area contributed by atoms with Gasteiger partial charge in [0.1, 0.15) is 48.8 Å². The van der Waals surface area contributed by atoms with Crippen LogP contribution in [0.15, 0.2) is 0 Å². The van der Waals surface area contributed by atoms with Gasteiger partial charge in [0.15, 0.2) is 12.6 Å². The van der Waals surface area contributed by atoms with Crippen LogP contribution < -0.4 is 5.32 Å². The van der Waals surface area contributed by atoms with Crippen molar-refractivity contribution < 1.29 is 54.4 Å². The Morgan fingerprint density at radius 3 is 2.00 bits per heavy atom. The molecule has 0 aromatic rings. The maximum Gasteiger partial charge on any atom is 0.217 e. The van der Waals surface area contributed by atoms with E-state index in [1.54, 1.807) is 0 Å². The molecular formula is C15H27NO11. The lowest BCUT2D eigenvalue weighted by atomic mass is 9.95. The number of carbonyl (C=O) groups is 1. The largest absolute Gasteiger partial charge is 0.394 e. The molecule has 0 spiro atoms. The second-order valence-corrected chi connectivity index (χ2v) is 6.48. The fourth-order valence-electron chi connectivity index (χ4n) is 3.15. The van der Waals surface area contributed by atoms with E-state index in [1.165, 1.54) is 14.0 Å². The lowest BCUT2D eigenvalue weighted by Gasteiger charge is -2.47. The molecule has 1 amide bonds. The van der Waals surface area contributed by atoms with Crippen LogP contribution >= 0.6 is 0 Å². The lowest BCUT2D eigenvalue weighted by molar-refractivity contribution is -0.343. The smallest absolute Gasteiger partial charge is 0.217 e. The Kier molecular flexibility index (Phi) is 7.88. The molecule has 0 aliphatic carbocycles. The third kappa shape index (κ3) is 4.74. The van der Waals surface area contributed by atoms with Crippen LogP contribution in [0.25, 0.3) is 0 Å². The van der Waals surface area contributed by atoms with Gasteiger partial charge in [0, 0.05) is 14.0 Å². The molecule has 12 heteroatoms. The number of rotatable bonds is 6. The number of amides is 1. The van der Waals surface area contributed by atoms with Crippen LogP contribution in [0.1, 0.15) is 6.92 Å². The quantitative estimate of drug-likeness (QED) is 0.228. The summed E-state index contributed by atoms with van der Waals surface area (Å²) in [7, 11) is 1.29. The monoisotopic (exact) mass is 397 g/mol. The van der Waals surface area contributed by atoms with E-state index in [0.29, 0.717) is 0 Å². The maximum atomic E-state index is 11.5. The molecule has 10 atom stereocenters. The van der Waals surface area contributed by atoms with E-state index in [0.717, 1.165) is 0 Å². The van der Waals surface area contributed by atoms with Crippen LogP contribution in [0, 0.1) is 0 Å². The van der Waals surface area contributed by atoms with Gasteiger partial charge in [-0.15, -0.1) is 0 Å². The van der Waals surface area contributed by atoms with Gasteiger partial charge in [-0.1, -0.05) is 0 Å². The minimum atomic E-state index is -1.70. The summed E-state index contributed by atoms with van der Waals surface area (Å²) in [6.45, 7) is -0.0132. The zero-order valence-electron chi connectivity index (χ0n) is 14.9. The summed E-state index contributed by atoms with van der Waals surface area (Å²) in [4.78, 5) is 11.5. The summed E-state index contributed by atoms with van der Waals surface area (Å²) in [6.07, 6.45) is -12.7. The highest BCUT2D eigenvalue weighted by Crippen LogP contribution is 2.29. The molecule has 2 aliphatic heterocycles. The van der Waals surface area contributed by atoms with Crippen LogP contribution in [-0.4, -0.2) is 118 Å². The van der Waals surface area contributed by atoms with Gasteiger partial charge in [-0.25, -0.2) is 0 Å². The van der Waals surface area contributed by atoms with E-state index in [1.807, 2.05) is 0 Å². The SMILES string of the molecule is CO[C@H]1OC(CO)[C@@H](O)C(O[C@@H]2OC(CO)[C@H](O)[C@H](O)C2O)C1NC(C)=O. The van der Waals surface area contributed by atoms with Crippen molar-refractivity contribution in [2.45, 2.75) is 68.3 Å². The second kappa shape index (κ2) is 9.52. The Morgan fingerprint density at radius 1 is 0.926 bits per heavy atom. The Labute approximate surface area is 155 Å². The molecule has 12 nitrogen and oxygen atoms in total. The fourth-order valence-corrected chi connectivity index (χ4v) is 3.15. The molecular weight excluding hydrogens is 370 g/mol. The number of ether oxygens (including phenoxy) is 4. The zero-order valence-corrected chi connectivity index (χ0v) is 14.9. The van der Waals surface area contributed by atoms with Crippen molar-refractivity contribution in [3.8, 4) is 0 Å². The van der Waals surface area contributed by atoms with Crippen molar-refractivity contribution in [2.75, 3.05) is 20.3 Å². The summed E-state index contributed by atoms with van der Waals surface area (Å²) >= 11 is 0. The molecule has 0 saturated carbocycles. The average molecular weight is 397 g/mol. The molecule has 2 rings (SSSR count). The molecule has 2 aliphatic rings. The molecule has 158 valence electrons. The topological polar surface area (TPSA) is 187 Å². The summed E-state index contributed by atoms with van der Waals surface area (Å²) in [6, 6.07) is -1.04. The Bertz CT molecular complexity index is 492. The summed E-state index contributed by atoms with van der Waals surface area (Å²) in [5, 5.41) is 61.5. The lowest BCUT2D eigenvalue weighted by Crippen LogP contribution is -2.68. The van der Waals surface area contributed by atoms with E-state index in [9.17, 15) is 35.4 Å². The first kappa shape index (κ1) is 22.4. The molecule has 2 fully saturated rings. The highest BCUT2D eigenvalue weighted by atomic mass is 16.7. The van der Waals surface area contributed by atoms with Gasteiger partial charge in [-0.2, -0.15) is 0 Å². The Balaban J connectivity index is 2.25. The minimum absolute atomic E-state index is 0.484. The summed E-state index contributed by atoms with van der Waals surface area (Å²) in [5.74, 6) is -0.484. The van der Waals surface area contributed by atoms with Crippen molar-refractivity contribution in [3.63, 3.8) is 0 Å². The van der Waals surface area contributed by atoms with Gasteiger partial charge < -0.3 is 54.9 Å². The molecule has 0 aromatic carbocycles. The number of carbonyl (C=O) groups excluding carboxylic acids is 1. The standard InChI is InChI=1S/C15H27NO11/c1-5(19)16-8-13(10(21)7(4-18)25-14(8)24-2)27-15-12(23)11(22)9(20)6(3-17)26-15/h6-15,17-18,20-23H,3-4H2,1-2H3,(H,16,19)/t6?,7?,8?,9-,10+,11-,12?,13?,14-,15-/m0/s1. The number of hydrogen-bond acceptors (Lipinski definition) is 11. The van der Waals surface area contributed by atoms with E-state index in [2.05, 4.69) is 5.32 Å². The summed E-state index contributed by atoms with van der Waals surface area (Å²) < 4.78 is 21.4. The van der Waals surface area contributed by atoms with Crippen LogP contribution in [-0.2, 0) is 23.7 Å². The molecule has 2 saturated heterocycles. The number of hydrogen-bond donors (Lipinski definition) is 7. The second-order valence-electron chi connectivity index (χ2n) is 6.48. The maximum absolute atomic E-state index is 11.5. The molecule has 0 aromatic heterocycles. The van der Waals surface area contributed by atoms with Crippen LogP contribution in [0.3, 0.4) is 0 Å². The predicted molar refractivity (Wildman–Crippen MR) is 85.0 cm³/mol. The minimum Gasteiger partial charge on any atom is -0.394 e. The van der Waals surface area contributed by atoms with Gasteiger partial charge in [0.2, 0.25) is 5.91 Å². The number of methoxy groups -OCH3 is 1. The van der Waals surface area contributed by atoms with Crippen molar-refractivity contribution in [2.24, 2.45) is 0 Å². The van der Waals surface area contributed by atoms with Crippen LogP contribution in [0.2, 0.25) is 0 Å². The van der Waals surface area contributed by atoms with Crippen molar-refractivity contribution in [1.82, 2.24) is 5.32 Å². The Hall–Kier alpha value is -0.930. The van der Waals surface area contributed by atoms with Crippen molar-refractivity contribution in [3.05, 3.63) is 0 Å². The molecule has 0 radical (unpaired) electrons. The predicted octanol–water partition coefficient (Wildman–Crippen LogP) is -4.60. The molecule has 2 heterocycles. The third-order valence-electron chi connectivity index (χ3n) is 4.60. The van der Waals surface area contributed by atoms with Gasteiger partial charge in [0.05, 0.1) is 13.2 Å². The highest BCUT2D eigenvalue weighted by molar-refractivity contribution is 5.73. The van der Waals surface area contributed by atoms with E-state index >= 15 is 0 Å².